The van der Waals surface area contributed by atoms with Gasteiger partial charge in [-0.15, -0.1) is 0 Å². The Bertz CT molecular complexity index is 462. The molecule has 0 bridgehead atoms. The number of thiophene rings is 1. The van der Waals surface area contributed by atoms with Crippen LogP contribution in [0.25, 0.3) is 0 Å². The number of hydrogen-bond acceptors (Lipinski definition) is 4. The fourth-order valence-corrected chi connectivity index (χ4v) is 3.78. The third kappa shape index (κ3) is 4.93. The van der Waals surface area contributed by atoms with E-state index in [4.69, 9.17) is 4.74 Å². The Balaban J connectivity index is 1.98. The topological polar surface area (TPSA) is 44.8 Å². The summed E-state index contributed by atoms with van der Waals surface area (Å²) in [4.78, 5) is 16.9. The van der Waals surface area contributed by atoms with Gasteiger partial charge in [-0.1, -0.05) is 13.8 Å². The first-order valence-electron chi connectivity index (χ1n) is 8.55. The number of carbonyl (C=O) groups excluding carboxylic acids is 1. The quantitative estimate of drug-likeness (QED) is 0.867. The van der Waals surface area contributed by atoms with E-state index in [1.54, 1.807) is 11.3 Å². The molecule has 6 heteroatoms. The van der Waals surface area contributed by atoms with Gasteiger partial charge in [0.25, 0.3) is 0 Å². The van der Waals surface area contributed by atoms with Crippen molar-refractivity contribution in [3.8, 4) is 0 Å². The third-order valence-corrected chi connectivity index (χ3v) is 5.28. The number of nitrogens with one attached hydrogen (secondary N) is 1. The van der Waals surface area contributed by atoms with Crippen LogP contribution in [0.1, 0.15) is 38.8 Å². The number of amides is 2. The number of carbonyl (C=O) groups is 1. The summed E-state index contributed by atoms with van der Waals surface area (Å²) in [6, 6.07) is 2.64. The zero-order valence-electron chi connectivity index (χ0n) is 14.5. The van der Waals surface area contributed by atoms with Gasteiger partial charge in [-0.25, -0.2) is 4.79 Å². The highest BCUT2D eigenvalue weighted by Crippen LogP contribution is 2.22. The molecule has 0 radical (unpaired) electrons. The normalized spacial score (nSPS) is 20.3. The maximum absolute atomic E-state index is 12.6. The van der Waals surface area contributed by atoms with Crippen LogP contribution in [0.3, 0.4) is 0 Å². The molecule has 0 spiro atoms. The van der Waals surface area contributed by atoms with Crippen LogP contribution in [0, 0.1) is 0 Å². The van der Waals surface area contributed by atoms with Gasteiger partial charge in [0.1, 0.15) is 0 Å². The predicted molar refractivity (Wildman–Crippen MR) is 95.0 cm³/mol. The highest BCUT2D eigenvalue weighted by molar-refractivity contribution is 7.07. The molecule has 1 aromatic rings. The second-order valence-electron chi connectivity index (χ2n) is 5.92. The average molecular weight is 340 g/mol. The number of hydrogen-bond donors (Lipinski definition) is 1. The maximum Gasteiger partial charge on any atom is 0.317 e. The Hall–Kier alpha value is -1.11. The van der Waals surface area contributed by atoms with E-state index in [-0.39, 0.29) is 18.1 Å². The highest BCUT2D eigenvalue weighted by atomic mass is 32.1. The average Bonchev–Trinajstić information content (AvgIpc) is 2.99. The standard InChI is InChI=1S/C17H29N3O2S/c1-4-19(5-2)16(15-7-11-23-13-15)12-18-17(21)20-8-10-22-9-6-14(20)3/h7,11,13-14,16H,4-6,8-10,12H2,1-3H3,(H,18,21)/t14-,16+/m0/s1. The van der Waals surface area contributed by atoms with Gasteiger partial charge in [-0.05, 0) is 48.8 Å². The minimum Gasteiger partial charge on any atom is -0.380 e. The van der Waals surface area contributed by atoms with Crippen molar-refractivity contribution < 1.29 is 9.53 Å². The summed E-state index contributed by atoms with van der Waals surface area (Å²) in [6.45, 7) is 11.0. The van der Waals surface area contributed by atoms with Crippen molar-refractivity contribution in [2.24, 2.45) is 0 Å². The zero-order chi connectivity index (χ0) is 16.7. The summed E-state index contributed by atoms with van der Waals surface area (Å²) in [6.07, 6.45) is 0.900. The van der Waals surface area contributed by atoms with Gasteiger partial charge in [0.2, 0.25) is 0 Å². The Morgan fingerprint density at radius 1 is 1.48 bits per heavy atom. The van der Waals surface area contributed by atoms with Crippen LogP contribution in [-0.4, -0.2) is 61.3 Å². The molecule has 0 aromatic carbocycles. The largest absolute Gasteiger partial charge is 0.380 e. The van der Waals surface area contributed by atoms with Crippen LogP contribution < -0.4 is 5.32 Å². The Morgan fingerprint density at radius 2 is 2.26 bits per heavy atom. The number of nitrogens with zero attached hydrogens (tertiary/aromatic N) is 2. The van der Waals surface area contributed by atoms with Crippen molar-refractivity contribution in [1.29, 1.82) is 0 Å². The molecule has 1 aliphatic heterocycles. The van der Waals surface area contributed by atoms with Gasteiger partial charge >= 0.3 is 6.03 Å². The van der Waals surface area contributed by atoms with E-state index in [2.05, 4.69) is 47.8 Å². The maximum atomic E-state index is 12.6. The lowest BCUT2D eigenvalue weighted by molar-refractivity contribution is 0.140. The molecule has 1 fully saturated rings. The summed E-state index contributed by atoms with van der Waals surface area (Å²) in [5.74, 6) is 0. The molecule has 0 aliphatic carbocycles. The lowest BCUT2D eigenvalue weighted by Crippen LogP contribution is -2.48. The van der Waals surface area contributed by atoms with Gasteiger partial charge in [0.15, 0.2) is 0 Å². The lowest BCUT2D eigenvalue weighted by atomic mass is 10.1. The molecule has 1 saturated heterocycles. The molecule has 2 amide bonds. The molecule has 1 aromatic heterocycles. The molecule has 2 heterocycles. The first kappa shape index (κ1) is 18.2. The minimum atomic E-state index is 0.0235. The van der Waals surface area contributed by atoms with Crippen LogP contribution in [-0.2, 0) is 4.74 Å². The van der Waals surface area contributed by atoms with Gasteiger partial charge in [0.05, 0.1) is 12.6 Å². The molecule has 1 aliphatic rings. The molecule has 5 nitrogen and oxygen atoms in total. The fourth-order valence-electron chi connectivity index (χ4n) is 3.07. The second kappa shape index (κ2) is 9.25. The molecular formula is C17H29N3O2S. The van der Waals surface area contributed by atoms with Crippen LogP contribution in [0.4, 0.5) is 4.79 Å². The Labute approximate surface area is 143 Å². The van der Waals surface area contributed by atoms with Crippen molar-refractivity contribution >= 4 is 17.4 Å². The first-order chi connectivity index (χ1) is 11.2. The van der Waals surface area contributed by atoms with Crippen molar-refractivity contribution in [3.05, 3.63) is 22.4 Å². The SMILES string of the molecule is CCN(CC)[C@H](CNC(=O)N1CCOCC[C@@H]1C)c1ccsc1. The second-order valence-corrected chi connectivity index (χ2v) is 6.70. The lowest BCUT2D eigenvalue weighted by Gasteiger charge is -2.32. The molecule has 0 unspecified atom stereocenters. The zero-order valence-corrected chi connectivity index (χ0v) is 15.3. The van der Waals surface area contributed by atoms with E-state index in [9.17, 15) is 4.79 Å². The van der Waals surface area contributed by atoms with Crippen LogP contribution in [0.2, 0.25) is 0 Å². The monoisotopic (exact) mass is 339 g/mol. The smallest absolute Gasteiger partial charge is 0.317 e. The van der Waals surface area contributed by atoms with Crippen LogP contribution in [0.15, 0.2) is 16.8 Å². The van der Waals surface area contributed by atoms with E-state index >= 15 is 0 Å². The molecule has 1 N–H and O–H groups in total. The van der Waals surface area contributed by atoms with E-state index in [1.807, 2.05) is 4.90 Å². The summed E-state index contributed by atoms with van der Waals surface area (Å²) in [7, 11) is 0. The summed E-state index contributed by atoms with van der Waals surface area (Å²) < 4.78 is 5.47. The molecule has 2 rings (SSSR count). The predicted octanol–water partition coefficient (Wildman–Crippen LogP) is 2.95. The van der Waals surface area contributed by atoms with Crippen molar-refractivity contribution in [3.63, 3.8) is 0 Å². The van der Waals surface area contributed by atoms with E-state index < -0.39 is 0 Å². The Kier molecular flexibility index (Phi) is 7.33. The van der Waals surface area contributed by atoms with Gasteiger partial charge in [-0.3, -0.25) is 4.90 Å². The molecular weight excluding hydrogens is 310 g/mol. The van der Waals surface area contributed by atoms with E-state index in [1.165, 1.54) is 5.56 Å². The number of likely N-dealkylation sites (N-methyl/N-ethyl adjacent to an activating group) is 1. The van der Waals surface area contributed by atoms with Crippen molar-refractivity contribution in [2.45, 2.75) is 39.3 Å². The molecule has 2 atom stereocenters. The molecule has 130 valence electrons. The first-order valence-corrected chi connectivity index (χ1v) is 9.50. The summed E-state index contributed by atoms with van der Waals surface area (Å²) in [5.41, 5.74) is 1.28. The van der Waals surface area contributed by atoms with E-state index in [0.717, 1.165) is 26.1 Å². The van der Waals surface area contributed by atoms with Gasteiger partial charge in [0, 0.05) is 25.7 Å². The minimum absolute atomic E-state index is 0.0235. The summed E-state index contributed by atoms with van der Waals surface area (Å²) in [5, 5.41) is 7.42. The van der Waals surface area contributed by atoms with E-state index in [0.29, 0.717) is 19.7 Å². The summed E-state index contributed by atoms with van der Waals surface area (Å²) >= 11 is 1.71. The van der Waals surface area contributed by atoms with Gasteiger partial charge < -0.3 is 15.0 Å². The molecule has 0 saturated carbocycles. The third-order valence-electron chi connectivity index (χ3n) is 4.58. The van der Waals surface area contributed by atoms with Crippen molar-refractivity contribution in [2.75, 3.05) is 39.4 Å². The number of rotatable bonds is 6. The van der Waals surface area contributed by atoms with Crippen LogP contribution >= 0.6 is 11.3 Å². The Morgan fingerprint density at radius 3 is 2.91 bits per heavy atom. The van der Waals surface area contributed by atoms with Gasteiger partial charge in [-0.2, -0.15) is 11.3 Å². The van der Waals surface area contributed by atoms with Crippen LogP contribution in [0.5, 0.6) is 0 Å². The molecule has 23 heavy (non-hydrogen) atoms. The number of urea groups is 1. The fraction of sp³-hybridized carbons (Fsp3) is 0.706. The van der Waals surface area contributed by atoms with Crippen molar-refractivity contribution in [1.82, 2.24) is 15.1 Å². The number of ether oxygens (including phenoxy) is 1. The highest BCUT2D eigenvalue weighted by Gasteiger charge is 2.24.